The van der Waals surface area contributed by atoms with Gasteiger partial charge >= 0.3 is 0 Å². The number of amides is 1. The molecule has 0 saturated heterocycles. The molecule has 0 radical (unpaired) electrons. The van der Waals surface area contributed by atoms with Gasteiger partial charge in [-0.3, -0.25) is 4.79 Å². The zero-order chi connectivity index (χ0) is 13.4. The molecule has 3 nitrogen and oxygen atoms in total. The van der Waals surface area contributed by atoms with Crippen LogP contribution in [0.15, 0.2) is 24.3 Å². The summed E-state index contributed by atoms with van der Waals surface area (Å²) in [4.78, 5) is 11.6. The third-order valence-corrected chi connectivity index (χ3v) is 3.74. The van der Waals surface area contributed by atoms with Gasteiger partial charge in [0.15, 0.2) is 0 Å². The van der Waals surface area contributed by atoms with Crippen LogP contribution >= 0.6 is 23.4 Å². The van der Waals surface area contributed by atoms with E-state index < -0.39 is 0 Å². The van der Waals surface area contributed by atoms with Crippen LogP contribution in [0.5, 0.6) is 0 Å². The monoisotopic (exact) mass is 286 g/mol. The number of carbonyl (C=O) groups is 1. The first kappa shape index (κ1) is 15.3. The average Bonchev–Trinajstić information content (AvgIpc) is 2.33. The number of nitrogens with one attached hydrogen (secondary N) is 1. The smallest absolute Gasteiger partial charge is 0.230 e. The van der Waals surface area contributed by atoms with Crippen LogP contribution in [0.25, 0.3) is 0 Å². The Balaban J connectivity index is 2.19. The Morgan fingerprint density at radius 2 is 2.22 bits per heavy atom. The molecule has 0 heterocycles. The average molecular weight is 287 g/mol. The van der Waals surface area contributed by atoms with E-state index in [0.717, 1.165) is 17.7 Å². The lowest BCUT2D eigenvalue weighted by atomic mass is 10.2. The minimum atomic E-state index is 0.0320. The fraction of sp³-hybridized carbons (Fsp3) is 0.462. The lowest BCUT2D eigenvalue weighted by Crippen LogP contribution is -2.25. The minimum Gasteiger partial charge on any atom is -0.351 e. The molecule has 3 N–H and O–H groups in total. The maximum atomic E-state index is 11.6. The van der Waals surface area contributed by atoms with Crippen molar-refractivity contribution in [1.29, 1.82) is 0 Å². The number of hydrogen-bond acceptors (Lipinski definition) is 3. The summed E-state index contributed by atoms with van der Waals surface area (Å²) in [6, 6.07) is 7.71. The van der Waals surface area contributed by atoms with Gasteiger partial charge in [0.25, 0.3) is 0 Å². The van der Waals surface area contributed by atoms with Gasteiger partial charge in [0, 0.05) is 17.6 Å². The number of nitrogens with two attached hydrogens (primary N) is 1. The Kier molecular flexibility index (Phi) is 7.16. The van der Waals surface area contributed by atoms with Gasteiger partial charge in [-0.05, 0) is 30.7 Å². The molecule has 1 aromatic carbocycles. The van der Waals surface area contributed by atoms with Gasteiger partial charge in [0.2, 0.25) is 5.91 Å². The first-order valence-corrected chi connectivity index (χ1v) is 7.46. The van der Waals surface area contributed by atoms with E-state index >= 15 is 0 Å². The lowest BCUT2D eigenvalue weighted by molar-refractivity contribution is -0.118. The van der Waals surface area contributed by atoms with Gasteiger partial charge in [-0.25, -0.2) is 0 Å². The second-order valence-corrected chi connectivity index (χ2v) is 5.70. The van der Waals surface area contributed by atoms with Crippen LogP contribution in [-0.4, -0.2) is 23.5 Å². The maximum Gasteiger partial charge on any atom is 0.230 e. The van der Waals surface area contributed by atoms with Crippen molar-refractivity contribution in [2.45, 2.75) is 25.9 Å². The van der Waals surface area contributed by atoms with Crippen LogP contribution in [0, 0.1) is 0 Å². The van der Waals surface area contributed by atoms with Gasteiger partial charge in [0.1, 0.15) is 0 Å². The highest BCUT2D eigenvalue weighted by Gasteiger charge is 2.04. The molecule has 1 rings (SSSR count). The summed E-state index contributed by atoms with van der Waals surface area (Å²) >= 11 is 7.60. The van der Waals surface area contributed by atoms with Crippen molar-refractivity contribution in [3.63, 3.8) is 0 Å². The summed E-state index contributed by atoms with van der Waals surface area (Å²) < 4.78 is 0. The number of benzene rings is 1. The molecular weight excluding hydrogens is 268 g/mol. The molecular formula is C13H19ClN2OS. The first-order valence-electron chi connectivity index (χ1n) is 5.93. The summed E-state index contributed by atoms with van der Waals surface area (Å²) in [6.45, 7) is 2.45. The van der Waals surface area contributed by atoms with E-state index in [9.17, 15) is 4.79 Å². The van der Waals surface area contributed by atoms with Gasteiger partial charge in [-0.15, -0.1) is 0 Å². The largest absolute Gasteiger partial charge is 0.351 e. The molecule has 0 bridgehead atoms. The lowest BCUT2D eigenvalue weighted by Gasteiger charge is -2.07. The third-order valence-electron chi connectivity index (χ3n) is 2.38. The highest BCUT2D eigenvalue weighted by molar-refractivity contribution is 7.99. The van der Waals surface area contributed by atoms with Crippen LogP contribution < -0.4 is 11.1 Å². The summed E-state index contributed by atoms with van der Waals surface area (Å²) in [5.41, 5.74) is 6.57. The van der Waals surface area contributed by atoms with E-state index in [1.165, 1.54) is 0 Å². The number of rotatable bonds is 7. The molecule has 0 aliphatic carbocycles. The fourth-order valence-corrected chi connectivity index (χ4v) is 2.49. The van der Waals surface area contributed by atoms with E-state index in [0.29, 0.717) is 17.3 Å². The molecule has 0 fully saturated rings. The SMILES string of the molecule is CC(N)CCSCC(=O)NCc1ccccc1Cl. The zero-order valence-electron chi connectivity index (χ0n) is 10.5. The highest BCUT2D eigenvalue weighted by Crippen LogP contribution is 2.14. The molecule has 0 aliphatic heterocycles. The van der Waals surface area contributed by atoms with Crippen molar-refractivity contribution in [2.75, 3.05) is 11.5 Å². The Labute approximate surface area is 117 Å². The molecule has 1 atom stereocenters. The van der Waals surface area contributed by atoms with Crippen molar-refractivity contribution < 1.29 is 4.79 Å². The standard InChI is InChI=1S/C13H19ClN2OS/c1-10(15)6-7-18-9-13(17)16-8-11-4-2-3-5-12(11)14/h2-5,10H,6-9,15H2,1H3,(H,16,17). The molecule has 100 valence electrons. The van der Waals surface area contributed by atoms with E-state index in [4.69, 9.17) is 17.3 Å². The third kappa shape index (κ3) is 6.28. The van der Waals surface area contributed by atoms with Crippen LogP contribution in [0.4, 0.5) is 0 Å². The Morgan fingerprint density at radius 1 is 1.50 bits per heavy atom. The molecule has 0 aliphatic rings. The predicted octanol–water partition coefficient (Wildman–Crippen LogP) is 2.43. The van der Waals surface area contributed by atoms with E-state index in [-0.39, 0.29) is 11.9 Å². The second-order valence-electron chi connectivity index (χ2n) is 4.19. The Morgan fingerprint density at radius 3 is 2.89 bits per heavy atom. The van der Waals surface area contributed by atoms with Gasteiger partial charge in [0.05, 0.1) is 5.75 Å². The molecule has 5 heteroatoms. The molecule has 0 saturated carbocycles. The second kappa shape index (κ2) is 8.40. The fourth-order valence-electron chi connectivity index (χ4n) is 1.32. The maximum absolute atomic E-state index is 11.6. The Bertz CT molecular complexity index is 385. The zero-order valence-corrected chi connectivity index (χ0v) is 12.1. The van der Waals surface area contributed by atoms with Crippen LogP contribution in [0.2, 0.25) is 5.02 Å². The molecule has 0 aromatic heterocycles. The summed E-state index contributed by atoms with van der Waals surface area (Å²) in [6.07, 6.45) is 0.933. The molecule has 0 spiro atoms. The minimum absolute atomic E-state index is 0.0320. The van der Waals surface area contributed by atoms with E-state index in [2.05, 4.69) is 5.32 Å². The topological polar surface area (TPSA) is 55.1 Å². The molecule has 1 aromatic rings. The number of carbonyl (C=O) groups excluding carboxylic acids is 1. The van der Waals surface area contributed by atoms with Gasteiger partial charge < -0.3 is 11.1 Å². The quantitative estimate of drug-likeness (QED) is 0.757. The van der Waals surface area contributed by atoms with E-state index in [1.54, 1.807) is 11.8 Å². The summed E-state index contributed by atoms with van der Waals surface area (Å²) in [5.74, 6) is 1.42. The van der Waals surface area contributed by atoms with Crippen molar-refractivity contribution in [2.24, 2.45) is 5.73 Å². The number of hydrogen-bond donors (Lipinski definition) is 2. The molecule has 18 heavy (non-hydrogen) atoms. The van der Waals surface area contributed by atoms with Crippen molar-refractivity contribution in [1.82, 2.24) is 5.32 Å². The predicted molar refractivity (Wildman–Crippen MR) is 78.9 cm³/mol. The summed E-state index contributed by atoms with van der Waals surface area (Å²) in [7, 11) is 0. The number of thioether (sulfide) groups is 1. The van der Waals surface area contributed by atoms with Crippen molar-refractivity contribution in [3.8, 4) is 0 Å². The molecule has 1 amide bonds. The molecule has 1 unspecified atom stereocenters. The first-order chi connectivity index (χ1) is 8.59. The van der Waals surface area contributed by atoms with Crippen molar-refractivity contribution in [3.05, 3.63) is 34.9 Å². The van der Waals surface area contributed by atoms with Crippen molar-refractivity contribution >= 4 is 29.3 Å². The van der Waals surface area contributed by atoms with Crippen LogP contribution in [-0.2, 0) is 11.3 Å². The van der Waals surface area contributed by atoms with Gasteiger partial charge in [-0.1, -0.05) is 29.8 Å². The Hall–Kier alpha value is -0.710. The van der Waals surface area contributed by atoms with E-state index in [1.807, 2.05) is 31.2 Å². The van der Waals surface area contributed by atoms with Crippen LogP contribution in [0.3, 0.4) is 0 Å². The normalized spacial score (nSPS) is 12.2. The highest BCUT2D eigenvalue weighted by atomic mass is 35.5. The number of halogens is 1. The van der Waals surface area contributed by atoms with Crippen LogP contribution in [0.1, 0.15) is 18.9 Å². The summed E-state index contributed by atoms with van der Waals surface area (Å²) in [5, 5.41) is 3.54. The van der Waals surface area contributed by atoms with Gasteiger partial charge in [-0.2, -0.15) is 11.8 Å².